The first-order chi connectivity index (χ1) is 16.5. The molecule has 0 amide bonds. The first-order valence-electron chi connectivity index (χ1n) is 12.4. The molecule has 3 aromatic rings. The van der Waals surface area contributed by atoms with Crippen molar-refractivity contribution in [3.05, 3.63) is 94.5 Å². The van der Waals surface area contributed by atoms with Crippen LogP contribution in [-0.2, 0) is 23.0 Å². The largest absolute Gasteiger partial charge is 0.467 e. The highest BCUT2D eigenvalue weighted by atomic mass is 31.1. The summed E-state index contributed by atoms with van der Waals surface area (Å²) < 4.78 is 11.3. The number of methoxy groups -OCH3 is 1. The lowest BCUT2D eigenvalue weighted by atomic mass is 9.89. The highest BCUT2D eigenvalue weighted by Crippen LogP contribution is 2.51. The maximum atomic E-state index is 6.08. The van der Waals surface area contributed by atoms with Crippen molar-refractivity contribution in [1.29, 1.82) is 0 Å². The predicted octanol–water partition coefficient (Wildman–Crippen LogP) is 6.99. The number of hydrogen-bond acceptors (Lipinski definition) is 3. The van der Waals surface area contributed by atoms with Crippen molar-refractivity contribution < 1.29 is 9.47 Å². The Balaban J connectivity index is 1.94. The van der Waals surface area contributed by atoms with Crippen LogP contribution < -0.4 is 15.4 Å². The van der Waals surface area contributed by atoms with E-state index >= 15 is 0 Å². The van der Waals surface area contributed by atoms with Crippen molar-refractivity contribution >= 4 is 13.9 Å². The number of hydrogen-bond donors (Lipinski definition) is 1. The normalized spacial score (nSPS) is 13.3. The number of ether oxygens (including phenoxy) is 2. The lowest BCUT2D eigenvalue weighted by Crippen LogP contribution is -2.27. The summed E-state index contributed by atoms with van der Waals surface area (Å²) in [7, 11) is 2.34. The molecule has 0 aliphatic carbocycles. The summed E-state index contributed by atoms with van der Waals surface area (Å²) in [5.41, 5.74) is 6.67. The Morgan fingerprint density at radius 1 is 0.912 bits per heavy atom. The van der Waals surface area contributed by atoms with Gasteiger partial charge in [0.1, 0.15) is 5.75 Å². The fraction of sp³-hybridized carbons (Fsp3) is 0.400. The lowest BCUT2D eigenvalue weighted by Gasteiger charge is -2.36. The Bertz CT molecular complexity index is 1040. The monoisotopic (exact) mass is 477 g/mol. The molecule has 0 fully saturated rings. The second-order valence-corrected chi connectivity index (χ2v) is 10.8. The summed E-state index contributed by atoms with van der Waals surface area (Å²) in [6.07, 6.45) is 3.32. The van der Waals surface area contributed by atoms with E-state index in [1.165, 1.54) is 33.1 Å². The first-order valence-corrected chi connectivity index (χ1v) is 13.4. The van der Waals surface area contributed by atoms with E-state index in [1.807, 2.05) is 0 Å². The van der Waals surface area contributed by atoms with Crippen molar-refractivity contribution in [2.24, 2.45) is 0 Å². The molecular weight excluding hydrogens is 437 g/mol. The van der Waals surface area contributed by atoms with E-state index in [1.54, 1.807) is 7.11 Å². The molecule has 34 heavy (non-hydrogen) atoms. The van der Waals surface area contributed by atoms with Gasteiger partial charge in [-0.25, -0.2) is 0 Å². The average molecular weight is 478 g/mol. The van der Waals surface area contributed by atoms with Gasteiger partial charge in [-0.15, -0.1) is 0 Å². The second kappa shape index (κ2) is 13.0. The van der Waals surface area contributed by atoms with E-state index < -0.39 is 0 Å². The van der Waals surface area contributed by atoms with Crippen molar-refractivity contribution in [2.45, 2.75) is 65.2 Å². The minimum Gasteiger partial charge on any atom is -0.467 e. The third kappa shape index (κ3) is 6.69. The van der Waals surface area contributed by atoms with Gasteiger partial charge in [0.25, 0.3) is 0 Å². The molecule has 182 valence electrons. The molecule has 0 saturated heterocycles. The van der Waals surface area contributed by atoms with Crippen LogP contribution in [0.5, 0.6) is 5.75 Å². The number of benzene rings is 3. The third-order valence-electron chi connectivity index (χ3n) is 6.47. The van der Waals surface area contributed by atoms with Gasteiger partial charge in [-0.1, -0.05) is 95.1 Å². The Hall–Kier alpha value is -2.19. The van der Waals surface area contributed by atoms with Crippen LogP contribution in [0.25, 0.3) is 0 Å². The fourth-order valence-electron chi connectivity index (χ4n) is 4.64. The zero-order valence-electron chi connectivity index (χ0n) is 21.4. The van der Waals surface area contributed by atoms with Crippen LogP contribution >= 0.6 is 8.58 Å². The van der Waals surface area contributed by atoms with E-state index in [9.17, 15) is 0 Å². The molecule has 1 N–H and O–H groups in total. The van der Waals surface area contributed by atoms with Gasteiger partial charge in [-0.2, -0.15) is 0 Å². The van der Waals surface area contributed by atoms with Crippen molar-refractivity contribution in [3.8, 4) is 5.75 Å². The molecule has 3 nitrogen and oxygen atoms in total. The van der Waals surface area contributed by atoms with Crippen molar-refractivity contribution in [3.63, 3.8) is 0 Å². The molecule has 2 unspecified atom stereocenters. The standard InChI is InChI=1S/C30H40NO2P/c1-6-18-30(7-2,27-19-23(3)16-17-28(27)33-22-32-5)34-29-24(4)12-11-15-26(29)21-31-20-25-13-9-8-10-14-25/h8-17,19,31,34H,6-7,18,20-22H2,1-5H3. The van der Waals surface area contributed by atoms with E-state index in [0.29, 0.717) is 8.58 Å². The number of rotatable bonds is 13. The minimum atomic E-state index is 0.0319. The van der Waals surface area contributed by atoms with Gasteiger partial charge >= 0.3 is 0 Å². The smallest absolute Gasteiger partial charge is 0.188 e. The molecule has 3 rings (SSSR count). The van der Waals surface area contributed by atoms with Crippen LogP contribution in [0.4, 0.5) is 0 Å². The highest BCUT2D eigenvalue weighted by Gasteiger charge is 2.34. The predicted molar refractivity (Wildman–Crippen MR) is 147 cm³/mol. The van der Waals surface area contributed by atoms with Crippen LogP contribution in [-0.4, -0.2) is 13.9 Å². The summed E-state index contributed by atoms with van der Waals surface area (Å²) in [5.74, 6) is 0.951. The first kappa shape index (κ1) is 26.4. The number of nitrogens with one attached hydrogen (secondary N) is 1. The van der Waals surface area contributed by atoms with Gasteiger partial charge < -0.3 is 14.8 Å². The quantitative estimate of drug-likeness (QED) is 0.213. The topological polar surface area (TPSA) is 30.5 Å². The summed E-state index contributed by atoms with van der Waals surface area (Å²) in [5, 5.41) is 5.19. The molecule has 0 spiro atoms. The van der Waals surface area contributed by atoms with Gasteiger partial charge in [0.05, 0.1) is 0 Å². The molecule has 0 aromatic heterocycles. The van der Waals surface area contributed by atoms with Crippen molar-refractivity contribution in [1.82, 2.24) is 5.32 Å². The Morgan fingerprint density at radius 2 is 1.71 bits per heavy atom. The van der Waals surface area contributed by atoms with Crippen molar-refractivity contribution in [2.75, 3.05) is 13.9 Å². The Kier molecular flexibility index (Phi) is 10.1. The fourth-order valence-corrected chi connectivity index (χ4v) is 6.62. The maximum absolute atomic E-state index is 6.08. The van der Waals surface area contributed by atoms with Gasteiger partial charge in [0.2, 0.25) is 0 Å². The van der Waals surface area contributed by atoms with Gasteiger partial charge in [-0.05, 0) is 54.8 Å². The van der Waals surface area contributed by atoms with E-state index in [-0.39, 0.29) is 11.9 Å². The zero-order valence-corrected chi connectivity index (χ0v) is 22.4. The molecule has 0 bridgehead atoms. The summed E-state index contributed by atoms with van der Waals surface area (Å²) in [6.45, 7) is 11.1. The number of aryl methyl sites for hydroxylation is 2. The second-order valence-electron chi connectivity index (χ2n) is 9.06. The van der Waals surface area contributed by atoms with E-state index in [4.69, 9.17) is 9.47 Å². The molecule has 4 heteroatoms. The van der Waals surface area contributed by atoms with Crippen LogP contribution in [0.3, 0.4) is 0 Å². The van der Waals surface area contributed by atoms with Crippen LogP contribution in [0.15, 0.2) is 66.7 Å². The van der Waals surface area contributed by atoms with Crippen LogP contribution in [0.2, 0.25) is 0 Å². The zero-order chi connectivity index (χ0) is 24.4. The molecule has 3 aromatic carbocycles. The van der Waals surface area contributed by atoms with Gasteiger partial charge in [0, 0.05) is 30.9 Å². The van der Waals surface area contributed by atoms with E-state index in [2.05, 4.69) is 99.7 Å². The van der Waals surface area contributed by atoms with Gasteiger partial charge in [0.15, 0.2) is 6.79 Å². The molecule has 0 radical (unpaired) electrons. The molecule has 2 atom stereocenters. The summed E-state index contributed by atoms with van der Waals surface area (Å²) in [4.78, 5) is 0. The molecule has 0 aliphatic rings. The highest BCUT2D eigenvalue weighted by molar-refractivity contribution is 7.48. The lowest BCUT2D eigenvalue weighted by molar-refractivity contribution is 0.0499. The molecule has 0 saturated carbocycles. The molecule has 0 heterocycles. The SMILES string of the molecule is CCCC(CC)(Pc1c(C)cccc1CNCc1ccccc1)c1cc(C)ccc1OCOC. The van der Waals surface area contributed by atoms with Gasteiger partial charge in [-0.3, -0.25) is 0 Å². The third-order valence-corrected chi connectivity index (χ3v) is 8.79. The van der Waals surface area contributed by atoms with Crippen LogP contribution in [0, 0.1) is 13.8 Å². The van der Waals surface area contributed by atoms with E-state index in [0.717, 1.165) is 38.1 Å². The minimum absolute atomic E-state index is 0.0319. The Labute approximate surface area is 208 Å². The van der Waals surface area contributed by atoms with Crippen LogP contribution in [0.1, 0.15) is 60.9 Å². The molecule has 0 aliphatic heterocycles. The molecular formula is C30H40NO2P. The summed E-state index contributed by atoms with van der Waals surface area (Å²) >= 11 is 0. The summed E-state index contributed by atoms with van der Waals surface area (Å²) in [6, 6.07) is 23.9. The Morgan fingerprint density at radius 3 is 2.41 bits per heavy atom. The maximum Gasteiger partial charge on any atom is 0.188 e. The average Bonchev–Trinajstić information content (AvgIpc) is 2.85.